The number of alkyl carbamates (subject to hydrolysis) is 1. The highest BCUT2D eigenvalue weighted by molar-refractivity contribution is 5.70. The van der Waals surface area contributed by atoms with E-state index in [1.54, 1.807) is 0 Å². The number of nitrogens with zero attached hydrogens (tertiary/aromatic N) is 1. The van der Waals surface area contributed by atoms with Gasteiger partial charge in [-0.05, 0) is 59.5 Å². The lowest BCUT2D eigenvalue weighted by Gasteiger charge is -2.22. The SMILES string of the molecule is CCCCCCCCCCC(CCC(=O)OC(C)C)OC(=O)NCC1CCCN1C. The van der Waals surface area contributed by atoms with Gasteiger partial charge in [0.05, 0.1) is 6.10 Å². The van der Waals surface area contributed by atoms with E-state index in [-0.39, 0.29) is 24.3 Å². The molecule has 1 fully saturated rings. The number of unbranched alkanes of at least 4 members (excludes halogenated alkanes) is 7. The van der Waals surface area contributed by atoms with E-state index >= 15 is 0 Å². The van der Waals surface area contributed by atoms with Crippen molar-refractivity contribution in [3.8, 4) is 0 Å². The Balaban J connectivity index is 2.33. The van der Waals surface area contributed by atoms with Crippen LogP contribution in [0.25, 0.3) is 0 Å². The van der Waals surface area contributed by atoms with Gasteiger partial charge in [-0.15, -0.1) is 0 Å². The molecule has 2 unspecified atom stereocenters. The summed E-state index contributed by atoms with van der Waals surface area (Å²) in [5.41, 5.74) is 0. The fraction of sp³-hybridized carbons (Fsp3) is 0.917. The van der Waals surface area contributed by atoms with Crippen molar-refractivity contribution in [1.82, 2.24) is 10.2 Å². The van der Waals surface area contributed by atoms with Gasteiger partial charge in [-0.2, -0.15) is 0 Å². The second-order valence-electron chi connectivity index (χ2n) is 9.03. The smallest absolute Gasteiger partial charge is 0.407 e. The molecule has 0 aromatic rings. The van der Waals surface area contributed by atoms with Crippen LogP contribution in [0.4, 0.5) is 4.79 Å². The molecule has 0 bridgehead atoms. The summed E-state index contributed by atoms with van der Waals surface area (Å²) in [6.07, 6.45) is 13.1. The summed E-state index contributed by atoms with van der Waals surface area (Å²) in [7, 11) is 2.09. The zero-order chi connectivity index (χ0) is 22.2. The minimum atomic E-state index is -0.364. The van der Waals surface area contributed by atoms with E-state index in [2.05, 4.69) is 24.2 Å². The molecule has 0 radical (unpaired) electrons. The Morgan fingerprint density at radius 2 is 1.67 bits per heavy atom. The monoisotopic (exact) mass is 426 g/mol. The fourth-order valence-electron chi connectivity index (χ4n) is 4.00. The lowest BCUT2D eigenvalue weighted by atomic mass is 10.0. The third-order valence-electron chi connectivity index (χ3n) is 5.84. The average Bonchev–Trinajstić information content (AvgIpc) is 3.10. The first-order valence-electron chi connectivity index (χ1n) is 12.3. The van der Waals surface area contributed by atoms with Crippen LogP contribution in [0.3, 0.4) is 0 Å². The van der Waals surface area contributed by atoms with Gasteiger partial charge in [0.1, 0.15) is 6.10 Å². The molecule has 1 heterocycles. The average molecular weight is 427 g/mol. The molecule has 0 saturated carbocycles. The van der Waals surface area contributed by atoms with Crippen molar-refractivity contribution in [2.24, 2.45) is 0 Å². The van der Waals surface area contributed by atoms with Crippen LogP contribution in [0.15, 0.2) is 0 Å². The maximum Gasteiger partial charge on any atom is 0.407 e. The van der Waals surface area contributed by atoms with Gasteiger partial charge in [0.15, 0.2) is 0 Å². The second-order valence-corrected chi connectivity index (χ2v) is 9.03. The lowest BCUT2D eigenvalue weighted by molar-refractivity contribution is -0.148. The van der Waals surface area contributed by atoms with Gasteiger partial charge in [-0.25, -0.2) is 4.79 Å². The van der Waals surface area contributed by atoms with Crippen molar-refractivity contribution in [1.29, 1.82) is 0 Å². The van der Waals surface area contributed by atoms with Crippen molar-refractivity contribution in [2.75, 3.05) is 20.1 Å². The number of rotatable bonds is 16. The first-order chi connectivity index (χ1) is 14.4. The van der Waals surface area contributed by atoms with E-state index in [0.717, 1.165) is 32.2 Å². The van der Waals surface area contributed by atoms with Crippen LogP contribution in [0.5, 0.6) is 0 Å². The summed E-state index contributed by atoms with van der Waals surface area (Å²) in [4.78, 5) is 26.5. The van der Waals surface area contributed by atoms with Crippen molar-refractivity contribution in [2.45, 2.75) is 122 Å². The number of carbonyl (C=O) groups excluding carboxylic acids is 2. The van der Waals surface area contributed by atoms with E-state index < -0.39 is 0 Å². The molecule has 1 N–H and O–H groups in total. The first-order valence-corrected chi connectivity index (χ1v) is 12.3. The normalized spacial score (nSPS) is 17.8. The Morgan fingerprint density at radius 3 is 2.27 bits per heavy atom. The number of hydrogen-bond donors (Lipinski definition) is 1. The van der Waals surface area contributed by atoms with Gasteiger partial charge in [0.2, 0.25) is 0 Å². The highest BCUT2D eigenvalue weighted by Gasteiger charge is 2.22. The van der Waals surface area contributed by atoms with Gasteiger partial charge in [-0.3, -0.25) is 4.79 Å². The molecule has 1 aliphatic heterocycles. The van der Waals surface area contributed by atoms with Crippen LogP contribution in [0, 0.1) is 0 Å². The maximum atomic E-state index is 12.3. The number of esters is 1. The summed E-state index contributed by atoms with van der Waals surface area (Å²) in [5, 5.41) is 2.92. The van der Waals surface area contributed by atoms with E-state index in [0.29, 0.717) is 25.4 Å². The Kier molecular flexibility index (Phi) is 14.6. The van der Waals surface area contributed by atoms with Crippen LogP contribution >= 0.6 is 0 Å². The summed E-state index contributed by atoms with van der Waals surface area (Å²) in [6, 6.07) is 0.393. The Bertz CT molecular complexity index is 470. The predicted molar refractivity (Wildman–Crippen MR) is 122 cm³/mol. The van der Waals surface area contributed by atoms with E-state index in [1.807, 2.05) is 13.8 Å². The van der Waals surface area contributed by atoms with Crippen molar-refractivity contribution in [3.05, 3.63) is 0 Å². The molecule has 2 atom stereocenters. The number of hydrogen-bond acceptors (Lipinski definition) is 5. The molecule has 6 nitrogen and oxygen atoms in total. The van der Waals surface area contributed by atoms with Crippen LogP contribution in [0.2, 0.25) is 0 Å². The number of amides is 1. The quantitative estimate of drug-likeness (QED) is 0.263. The van der Waals surface area contributed by atoms with Crippen LogP contribution in [-0.4, -0.2) is 55.3 Å². The number of carbonyl (C=O) groups is 2. The lowest BCUT2D eigenvalue weighted by Crippen LogP contribution is -2.39. The molecule has 0 aliphatic carbocycles. The standard InChI is InChI=1S/C24H46N2O4/c1-5-6-7-8-9-10-11-12-15-22(16-17-23(27)29-20(2)3)30-24(28)25-19-21-14-13-18-26(21)4/h20-22H,5-19H2,1-4H3,(H,25,28). The molecule has 1 saturated heterocycles. The highest BCUT2D eigenvalue weighted by Crippen LogP contribution is 2.17. The van der Waals surface area contributed by atoms with E-state index in [4.69, 9.17) is 9.47 Å². The molecule has 0 spiro atoms. The molecule has 1 rings (SSSR count). The van der Waals surface area contributed by atoms with Gasteiger partial charge in [0.25, 0.3) is 0 Å². The Labute approximate surface area is 184 Å². The van der Waals surface area contributed by atoms with Crippen molar-refractivity contribution >= 4 is 12.1 Å². The van der Waals surface area contributed by atoms with Crippen LogP contribution in [0.1, 0.15) is 104 Å². The number of nitrogens with one attached hydrogen (secondary N) is 1. The molecule has 6 heteroatoms. The molecule has 0 aromatic heterocycles. The van der Waals surface area contributed by atoms with Gasteiger partial charge in [0, 0.05) is 19.0 Å². The third-order valence-corrected chi connectivity index (χ3v) is 5.84. The number of likely N-dealkylation sites (N-methyl/N-ethyl adjacent to an activating group) is 1. The van der Waals surface area contributed by atoms with Gasteiger partial charge < -0.3 is 19.7 Å². The number of ether oxygens (including phenoxy) is 2. The third kappa shape index (κ3) is 13.1. The minimum absolute atomic E-state index is 0.115. The van der Waals surface area contributed by atoms with E-state index in [1.165, 1.54) is 44.9 Å². The topological polar surface area (TPSA) is 67.9 Å². The largest absolute Gasteiger partial charge is 0.463 e. The van der Waals surface area contributed by atoms with E-state index in [9.17, 15) is 9.59 Å². The Hall–Kier alpha value is -1.30. The van der Waals surface area contributed by atoms with Crippen LogP contribution in [-0.2, 0) is 14.3 Å². The summed E-state index contributed by atoms with van der Waals surface area (Å²) in [6.45, 7) is 7.63. The molecule has 1 aliphatic rings. The number of likely N-dealkylation sites (tertiary alicyclic amines) is 1. The molecule has 0 aromatic carbocycles. The maximum absolute atomic E-state index is 12.3. The minimum Gasteiger partial charge on any atom is -0.463 e. The molecule has 1 amide bonds. The molecular weight excluding hydrogens is 380 g/mol. The molecule has 30 heavy (non-hydrogen) atoms. The highest BCUT2D eigenvalue weighted by atomic mass is 16.6. The Morgan fingerprint density at radius 1 is 1.00 bits per heavy atom. The predicted octanol–water partition coefficient (Wildman–Crippen LogP) is 5.44. The zero-order valence-corrected chi connectivity index (χ0v) is 19.9. The zero-order valence-electron chi connectivity index (χ0n) is 19.9. The van der Waals surface area contributed by atoms with Crippen molar-refractivity contribution in [3.63, 3.8) is 0 Å². The second kappa shape index (κ2) is 16.4. The van der Waals surface area contributed by atoms with Crippen molar-refractivity contribution < 1.29 is 19.1 Å². The fourth-order valence-corrected chi connectivity index (χ4v) is 4.00. The first kappa shape index (κ1) is 26.7. The summed E-state index contributed by atoms with van der Waals surface area (Å²) >= 11 is 0. The summed E-state index contributed by atoms with van der Waals surface area (Å²) < 4.78 is 10.9. The van der Waals surface area contributed by atoms with Gasteiger partial charge >= 0.3 is 12.1 Å². The van der Waals surface area contributed by atoms with Gasteiger partial charge in [-0.1, -0.05) is 51.9 Å². The summed E-state index contributed by atoms with van der Waals surface area (Å²) in [5.74, 6) is -0.220. The molecule has 176 valence electrons. The molecular formula is C24H46N2O4. The van der Waals surface area contributed by atoms with Crippen LogP contribution < -0.4 is 5.32 Å².